The lowest BCUT2D eigenvalue weighted by atomic mass is 9.97. The number of methoxy groups -OCH3 is 1. The van der Waals surface area contributed by atoms with Crippen molar-refractivity contribution in [3.8, 4) is 5.75 Å². The van der Waals surface area contributed by atoms with E-state index in [0.717, 1.165) is 27.6 Å². The third-order valence-electron chi connectivity index (χ3n) is 3.34. The van der Waals surface area contributed by atoms with Gasteiger partial charge in [0.15, 0.2) is 0 Å². The maximum absolute atomic E-state index is 10.6. The lowest BCUT2D eigenvalue weighted by molar-refractivity contribution is 0.222. The molecule has 3 aromatic rings. The minimum absolute atomic E-state index is 0.606. The molecule has 1 aromatic heterocycles. The molecule has 3 rings (SSSR count). The molecule has 1 atom stereocenters. The van der Waals surface area contributed by atoms with Crippen LogP contribution in [0.1, 0.15) is 17.2 Å². The average Bonchev–Trinajstić information content (AvgIpc) is 2.92. The van der Waals surface area contributed by atoms with Crippen LogP contribution in [0.3, 0.4) is 0 Å². The minimum atomic E-state index is -0.606. The summed E-state index contributed by atoms with van der Waals surface area (Å²) in [5.41, 5.74) is 1.85. The van der Waals surface area contributed by atoms with Gasteiger partial charge in [-0.1, -0.05) is 30.3 Å². The molecule has 1 unspecified atom stereocenters. The number of aliphatic hydroxyl groups is 1. The van der Waals surface area contributed by atoms with Gasteiger partial charge >= 0.3 is 0 Å². The molecule has 0 aliphatic heterocycles. The van der Waals surface area contributed by atoms with Gasteiger partial charge in [0.25, 0.3) is 0 Å². The highest BCUT2D eigenvalue weighted by Crippen LogP contribution is 2.35. The van der Waals surface area contributed by atoms with Crippen LogP contribution in [-0.4, -0.2) is 12.2 Å². The van der Waals surface area contributed by atoms with Crippen molar-refractivity contribution in [1.29, 1.82) is 0 Å². The summed E-state index contributed by atoms with van der Waals surface area (Å²) in [5.74, 6) is 0.830. The van der Waals surface area contributed by atoms with Crippen LogP contribution in [-0.2, 0) is 0 Å². The number of hydrogen-bond donors (Lipinski definition) is 1. The second kappa shape index (κ2) is 5.71. The van der Waals surface area contributed by atoms with Gasteiger partial charge in [0.05, 0.1) is 9.99 Å². The number of benzene rings is 2. The van der Waals surface area contributed by atoms with E-state index in [0.29, 0.717) is 0 Å². The molecular formula is C16H13IO2S. The first-order valence-corrected chi connectivity index (χ1v) is 8.14. The number of rotatable bonds is 3. The third kappa shape index (κ3) is 2.43. The van der Waals surface area contributed by atoms with E-state index in [-0.39, 0.29) is 0 Å². The summed E-state index contributed by atoms with van der Waals surface area (Å²) in [6, 6.07) is 13.9. The van der Waals surface area contributed by atoms with Crippen LogP contribution >= 0.6 is 33.9 Å². The Balaban J connectivity index is 2.17. The molecule has 0 spiro atoms. The summed E-state index contributed by atoms with van der Waals surface area (Å²) in [5, 5.41) is 14.7. The van der Waals surface area contributed by atoms with Crippen LogP contribution < -0.4 is 4.74 Å². The predicted molar refractivity (Wildman–Crippen MR) is 91.6 cm³/mol. The Hall–Kier alpha value is -1.11. The van der Waals surface area contributed by atoms with Gasteiger partial charge in [-0.3, -0.25) is 0 Å². The normalized spacial score (nSPS) is 12.6. The molecule has 102 valence electrons. The summed E-state index contributed by atoms with van der Waals surface area (Å²) >= 11 is 3.91. The largest absolute Gasteiger partial charge is 0.496 e. The maximum atomic E-state index is 10.6. The maximum Gasteiger partial charge on any atom is 0.126 e. The highest BCUT2D eigenvalue weighted by Gasteiger charge is 2.16. The molecule has 0 radical (unpaired) electrons. The van der Waals surface area contributed by atoms with Crippen molar-refractivity contribution in [1.82, 2.24) is 0 Å². The van der Waals surface area contributed by atoms with E-state index < -0.39 is 6.10 Å². The number of halogens is 1. The fourth-order valence-corrected chi connectivity index (χ4v) is 3.75. The van der Waals surface area contributed by atoms with E-state index in [1.807, 2.05) is 47.8 Å². The fourth-order valence-electron chi connectivity index (χ4n) is 2.36. The molecule has 0 amide bonds. The standard InChI is InChI=1S/C16H13IO2S/c1-19-14-7-6-13(11-4-2-3-5-12(11)14)16(18)10-8-15(17)20-9-10/h2-9,16,18H,1H3. The Morgan fingerprint density at radius 2 is 1.90 bits per heavy atom. The number of fused-ring (bicyclic) bond motifs is 1. The Bertz CT molecular complexity index is 751. The Kier molecular flexibility index (Phi) is 3.96. The van der Waals surface area contributed by atoms with Gasteiger partial charge in [-0.2, -0.15) is 0 Å². The van der Waals surface area contributed by atoms with Gasteiger partial charge < -0.3 is 9.84 Å². The van der Waals surface area contributed by atoms with Crippen molar-refractivity contribution >= 4 is 44.7 Å². The number of aliphatic hydroxyl groups excluding tert-OH is 1. The highest BCUT2D eigenvalue weighted by atomic mass is 127. The van der Waals surface area contributed by atoms with Gasteiger partial charge in [0, 0.05) is 5.39 Å². The molecule has 0 saturated heterocycles. The summed E-state index contributed by atoms with van der Waals surface area (Å²) in [6.07, 6.45) is -0.606. The number of ether oxygens (including phenoxy) is 1. The van der Waals surface area contributed by atoms with Crippen LogP contribution in [0.2, 0.25) is 0 Å². The monoisotopic (exact) mass is 396 g/mol. The van der Waals surface area contributed by atoms with E-state index in [1.165, 1.54) is 2.88 Å². The molecule has 20 heavy (non-hydrogen) atoms. The Morgan fingerprint density at radius 3 is 2.55 bits per heavy atom. The molecule has 0 bridgehead atoms. The van der Waals surface area contributed by atoms with Crippen LogP contribution in [0.5, 0.6) is 5.75 Å². The molecule has 2 aromatic carbocycles. The number of hydrogen-bond acceptors (Lipinski definition) is 3. The second-order valence-electron chi connectivity index (χ2n) is 4.49. The fraction of sp³-hybridized carbons (Fsp3) is 0.125. The topological polar surface area (TPSA) is 29.5 Å². The second-order valence-corrected chi connectivity index (χ2v) is 7.29. The number of thiophene rings is 1. The van der Waals surface area contributed by atoms with Crippen molar-refractivity contribution in [3.05, 3.63) is 61.9 Å². The van der Waals surface area contributed by atoms with Crippen LogP contribution in [0.15, 0.2) is 47.8 Å². The first kappa shape index (κ1) is 13.9. The zero-order chi connectivity index (χ0) is 14.1. The van der Waals surface area contributed by atoms with E-state index in [4.69, 9.17) is 4.74 Å². The van der Waals surface area contributed by atoms with Gasteiger partial charge in [0.2, 0.25) is 0 Å². The summed E-state index contributed by atoms with van der Waals surface area (Å²) < 4.78 is 6.57. The third-order valence-corrected chi connectivity index (χ3v) is 5.14. The zero-order valence-electron chi connectivity index (χ0n) is 10.8. The Morgan fingerprint density at radius 1 is 1.15 bits per heavy atom. The van der Waals surface area contributed by atoms with Crippen molar-refractivity contribution in [2.75, 3.05) is 7.11 Å². The van der Waals surface area contributed by atoms with Crippen molar-refractivity contribution < 1.29 is 9.84 Å². The van der Waals surface area contributed by atoms with Crippen LogP contribution in [0.25, 0.3) is 10.8 Å². The highest BCUT2D eigenvalue weighted by molar-refractivity contribution is 14.1. The van der Waals surface area contributed by atoms with E-state index in [1.54, 1.807) is 18.4 Å². The summed E-state index contributed by atoms with van der Waals surface area (Å²) in [7, 11) is 1.67. The van der Waals surface area contributed by atoms with E-state index in [2.05, 4.69) is 22.6 Å². The zero-order valence-corrected chi connectivity index (χ0v) is 13.8. The molecule has 0 aliphatic rings. The molecule has 1 heterocycles. The molecule has 0 fully saturated rings. The summed E-state index contributed by atoms with van der Waals surface area (Å²) in [4.78, 5) is 0. The average molecular weight is 396 g/mol. The SMILES string of the molecule is COc1ccc(C(O)c2csc(I)c2)c2ccccc12. The first-order valence-electron chi connectivity index (χ1n) is 6.18. The molecule has 0 saturated carbocycles. The van der Waals surface area contributed by atoms with Gasteiger partial charge in [0.1, 0.15) is 11.9 Å². The smallest absolute Gasteiger partial charge is 0.126 e. The minimum Gasteiger partial charge on any atom is -0.496 e. The van der Waals surface area contributed by atoms with Gasteiger partial charge in [-0.05, 0) is 56.6 Å². The van der Waals surface area contributed by atoms with E-state index >= 15 is 0 Å². The van der Waals surface area contributed by atoms with Crippen molar-refractivity contribution in [2.45, 2.75) is 6.10 Å². The van der Waals surface area contributed by atoms with Crippen LogP contribution in [0, 0.1) is 2.88 Å². The van der Waals surface area contributed by atoms with Crippen molar-refractivity contribution in [2.24, 2.45) is 0 Å². The molecule has 1 N–H and O–H groups in total. The molecule has 0 aliphatic carbocycles. The summed E-state index contributed by atoms with van der Waals surface area (Å²) in [6.45, 7) is 0. The first-order chi connectivity index (χ1) is 9.70. The van der Waals surface area contributed by atoms with Gasteiger partial charge in [-0.15, -0.1) is 11.3 Å². The van der Waals surface area contributed by atoms with Crippen LogP contribution in [0.4, 0.5) is 0 Å². The quantitative estimate of drug-likeness (QED) is 0.656. The lowest BCUT2D eigenvalue weighted by Gasteiger charge is -2.14. The molecule has 2 nitrogen and oxygen atoms in total. The van der Waals surface area contributed by atoms with E-state index in [9.17, 15) is 5.11 Å². The Labute approximate surface area is 135 Å². The molecule has 4 heteroatoms. The predicted octanol–water partition coefficient (Wildman–Crippen LogP) is 4.60. The lowest BCUT2D eigenvalue weighted by Crippen LogP contribution is -2.00. The van der Waals surface area contributed by atoms with Gasteiger partial charge in [-0.25, -0.2) is 0 Å². The van der Waals surface area contributed by atoms with Crippen molar-refractivity contribution in [3.63, 3.8) is 0 Å². The molecular weight excluding hydrogens is 383 g/mol.